The largest absolute Gasteiger partial charge is 0.474 e. The van der Waals surface area contributed by atoms with Crippen LogP contribution < -0.4 is 5.76 Å². The second kappa shape index (κ2) is 2.57. The third-order valence-electron chi connectivity index (χ3n) is 1.09. The van der Waals surface area contributed by atoms with E-state index in [2.05, 4.69) is 9.52 Å². The van der Waals surface area contributed by atoms with Crippen LogP contribution in [0.1, 0.15) is 17.6 Å². The summed E-state index contributed by atoms with van der Waals surface area (Å²) in [6.07, 6.45) is 0. The van der Waals surface area contributed by atoms with Crippen molar-refractivity contribution >= 4 is 5.97 Å². The molecule has 1 aromatic rings. The lowest BCUT2D eigenvalue weighted by Crippen LogP contribution is -2.13. The average molecular weight is 158 g/mol. The smallest absolute Gasteiger partial charge is 0.437 e. The molecule has 0 atom stereocenters. The first-order chi connectivity index (χ1) is 5.15. The van der Waals surface area contributed by atoms with Crippen molar-refractivity contribution < 1.29 is 14.3 Å². The van der Waals surface area contributed by atoms with Crippen LogP contribution in [0, 0.1) is 0 Å². The second-order valence-electron chi connectivity index (χ2n) is 1.79. The molecule has 1 heterocycles. The van der Waals surface area contributed by atoms with Gasteiger partial charge < -0.3 is 9.52 Å². The SMILES string of the molecule is CCn1nc(C(=O)O)oc1=O. The maximum absolute atomic E-state index is 10.6. The molecule has 0 unspecified atom stereocenters. The van der Waals surface area contributed by atoms with Gasteiger partial charge in [-0.15, -0.1) is 5.10 Å². The van der Waals surface area contributed by atoms with E-state index < -0.39 is 17.6 Å². The lowest BCUT2D eigenvalue weighted by atomic mass is 10.7. The fraction of sp³-hybridized carbons (Fsp3) is 0.400. The van der Waals surface area contributed by atoms with Gasteiger partial charge in [0.25, 0.3) is 0 Å². The first kappa shape index (κ1) is 7.52. The first-order valence-electron chi connectivity index (χ1n) is 2.96. The molecule has 0 aliphatic carbocycles. The van der Waals surface area contributed by atoms with Gasteiger partial charge in [-0.25, -0.2) is 9.59 Å². The Bertz CT molecular complexity index is 323. The summed E-state index contributed by atoms with van der Waals surface area (Å²) in [4.78, 5) is 20.8. The Hall–Kier alpha value is -1.59. The van der Waals surface area contributed by atoms with E-state index in [0.717, 1.165) is 4.68 Å². The van der Waals surface area contributed by atoms with Gasteiger partial charge in [-0.05, 0) is 6.92 Å². The molecule has 0 fully saturated rings. The maximum Gasteiger partial charge on any atom is 0.437 e. The summed E-state index contributed by atoms with van der Waals surface area (Å²) < 4.78 is 5.20. The van der Waals surface area contributed by atoms with Crippen molar-refractivity contribution in [2.75, 3.05) is 0 Å². The molecule has 0 radical (unpaired) electrons. The number of nitrogens with zero attached hydrogens (tertiary/aromatic N) is 2. The molecule has 0 aliphatic rings. The lowest BCUT2D eigenvalue weighted by Gasteiger charge is -1.84. The van der Waals surface area contributed by atoms with Gasteiger partial charge in [0.05, 0.1) is 0 Å². The standard InChI is InChI=1S/C5H6N2O4/c1-2-7-5(10)11-3(6-7)4(8)9/h2H2,1H3,(H,8,9). The number of aromatic nitrogens is 2. The van der Waals surface area contributed by atoms with Crippen LogP contribution in [0.2, 0.25) is 0 Å². The molecule has 0 amide bonds. The minimum Gasteiger partial charge on any atom is -0.474 e. The Morgan fingerprint density at radius 2 is 2.45 bits per heavy atom. The Kier molecular flexibility index (Phi) is 1.75. The van der Waals surface area contributed by atoms with E-state index in [1.807, 2.05) is 0 Å². The molecule has 0 bridgehead atoms. The van der Waals surface area contributed by atoms with Gasteiger partial charge in [0.15, 0.2) is 0 Å². The van der Waals surface area contributed by atoms with E-state index in [9.17, 15) is 9.59 Å². The molecular weight excluding hydrogens is 152 g/mol. The zero-order valence-electron chi connectivity index (χ0n) is 5.77. The van der Waals surface area contributed by atoms with Crippen molar-refractivity contribution in [3.63, 3.8) is 0 Å². The number of hydrogen-bond acceptors (Lipinski definition) is 4. The van der Waals surface area contributed by atoms with Gasteiger partial charge in [-0.2, -0.15) is 4.68 Å². The quantitative estimate of drug-likeness (QED) is 0.630. The number of aryl methyl sites for hydroxylation is 1. The van der Waals surface area contributed by atoms with Crippen LogP contribution in [-0.4, -0.2) is 20.9 Å². The minimum atomic E-state index is -1.34. The molecule has 0 spiro atoms. The summed E-state index contributed by atoms with van der Waals surface area (Å²) in [6.45, 7) is 1.96. The number of rotatable bonds is 2. The van der Waals surface area contributed by atoms with Crippen molar-refractivity contribution in [2.24, 2.45) is 0 Å². The second-order valence-corrected chi connectivity index (χ2v) is 1.79. The monoisotopic (exact) mass is 158 g/mol. The Morgan fingerprint density at radius 3 is 2.73 bits per heavy atom. The predicted octanol–water partition coefficient (Wildman–Crippen LogP) is -0.446. The van der Waals surface area contributed by atoms with Crippen LogP contribution in [-0.2, 0) is 6.54 Å². The highest BCUT2D eigenvalue weighted by Crippen LogP contribution is 1.88. The van der Waals surface area contributed by atoms with E-state index in [0.29, 0.717) is 6.54 Å². The summed E-state index contributed by atoms with van der Waals surface area (Å²) >= 11 is 0. The van der Waals surface area contributed by atoms with Crippen LogP contribution in [0.3, 0.4) is 0 Å². The molecule has 60 valence electrons. The third-order valence-corrected chi connectivity index (χ3v) is 1.09. The molecule has 11 heavy (non-hydrogen) atoms. The summed E-state index contributed by atoms with van der Waals surface area (Å²) in [5.74, 6) is -2.66. The zero-order valence-corrected chi connectivity index (χ0v) is 5.77. The lowest BCUT2D eigenvalue weighted by molar-refractivity contribution is 0.0651. The van der Waals surface area contributed by atoms with Gasteiger partial charge in [0.2, 0.25) is 0 Å². The minimum absolute atomic E-state index is 0.301. The molecular formula is C5H6N2O4. The Labute approximate surface area is 61.1 Å². The molecule has 1 N–H and O–H groups in total. The van der Waals surface area contributed by atoms with Crippen molar-refractivity contribution in [1.29, 1.82) is 0 Å². The fourth-order valence-electron chi connectivity index (χ4n) is 0.592. The molecule has 0 aromatic carbocycles. The van der Waals surface area contributed by atoms with Crippen LogP contribution in [0.15, 0.2) is 9.21 Å². The fourth-order valence-corrected chi connectivity index (χ4v) is 0.592. The van der Waals surface area contributed by atoms with Crippen LogP contribution >= 0.6 is 0 Å². The van der Waals surface area contributed by atoms with E-state index in [1.165, 1.54) is 0 Å². The topological polar surface area (TPSA) is 85.3 Å². The highest BCUT2D eigenvalue weighted by atomic mass is 16.5. The van der Waals surface area contributed by atoms with Gasteiger partial charge in [0, 0.05) is 6.54 Å². The highest BCUT2D eigenvalue weighted by Gasteiger charge is 2.12. The Balaban J connectivity index is 3.15. The molecule has 6 heteroatoms. The number of aromatic carboxylic acids is 1. The zero-order chi connectivity index (χ0) is 8.43. The van der Waals surface area contributed by atoms with Crippen molar-refractivity contribution in [1.82, 2.24) is 9.78 Å². The highest BCUT2D eigenvalue weighted by molar-refractivity contribution is 5.81. The van der Waals surface area contributed by atoms with Crippen LogP contribution in [0.25, 0.3) is 0 Å². The van der Waals surface area contributed by atoms with Gasteiger partial charge in [-0.1, -0.05) is 0 Å². The predicted molar refractivity (Wildman–Crippen MR) is 33.4 cm³/mol. The van der Waals surface area contributed by atoms with E-state index >= 15 is 0 Å². The van der Waals surface area contributed by atoms with Crippen molar-refractivity contribution in [3.8, 4) is 0 Å². The average Bonchev–Trinajstić information content (AvgIpc) is 2.31. The molecule has 0 saturated heterocycles. The van der Waals surface area contributed by atoms with Gasteiger partial charge in [0.1, 0.15) is 0 Å². The number of hydrogen-bond donors (Lipinski definition) is 1. The van der Waals surface area contributed by atoms with E-state index in [-0.39, 0.29) is 0 Å². The number of carboxylic acid groups (broad SMARTS) is 1. The van der Waals surface area contributed by atoms with Crippen LogP contribution in [0.5, 0.6) is 0 Å². The first-order valence-corrected chi connectivity index (χ1v) is 2.96. The molecule has 1 rings (SSSR count). The van der Waals surface area contributed by atoms with E-state index in [4.69, 9.17) is 5.11 Å². The summed E-state index contributed by atoms with van der Waals surface area (Å²) in [5, 5.41) is 11.7. The van der Waals surface area contributed by atoms with Gasteiger partial charge >= 0.3 is 17.6 Å². The van der Waals surface area contributed by atoms with Gasteiger partial charge in [-0.3, -0.25) is 0 Å². The van der Waals surface area contributed by atoms with Crippen molar-refractivity contribution in [3.05, 3.63) is 16.4 Å². The molecule has 6 nitrogen and oxygen atoms in total. The van der Waals surface area contributed by atoms with Crippen molar-refractivity contribution in [2.45, 2.75) is 13.5 Å². The maximum atomic E-state index is 10.6. The normalized spacial score (nSPS) is 9.91. The summed E-state index contributed by atoms with van der Waals surface area (Å²) in [5.41, 5.74) is 0. The van der Waals surface area contributed by atoms with Crippen LogP contribution in [0.4, 0.5) is 0 Å². The number of carbonyl (C=O) groups is 1. The van der Waals surface area contributed by atoms with E-state index in [1.54, 1.807) is 6.92 Å². The summed E-state index contributed by atoms with van der Waals surface area (Å²) in [7, 11) is 0. The molecule has 0 saturated carbocycles. The molecule has 1 aromatic heterocycles. The Morgan fingerprint density at radius 1 is 1.82 bits per heavy atom. The summed E-state index contributed by atoms with van der Waals surface area (Å²) in [6, 6.07) is 0. The molecule has 0 aliphatic heterocycles. The third kappa shape index (κ3) is 1.28. The number of carboxylic acids is 1.